The fraction of sp³-hybridized carbons (Fsp3) is 0.381. The lowest BCUT2D eigenvalue weighted by Crippen LogP contribution is -2.52. The molecule has 4 nitrogen and oxygen atoms in total. The highest BCUT2D eigenvalue weighted by atomic mass is 35.5. The minimum absolute atomic E-state index is 0.110. The van der Waals surface area contributed by atoms with E-state index in [1.54, 1.807) is 24.1 Å². The third-order valence-electron chi connectivity index (χ3n) is 4.89. The Kier molecular flexibility index (Phi) is 5.91. The SMILES string of the molecule is COCCCCN1C(=O)C(C)(c2cc(F)cc(F)c2)Oc2cc(Cl)c(C)cc21. The smallest absolute Gasteiger partial charge is 0.275 e. The van der Waals surface area contributed by atoms with Crippen LogP contribution in [0.15, 0.2) is 30.3 Å². The summed E-state index contributed by atoms with van der Waals surface area (Å²) in [7, 11) is 1.62. The lowest BCUT2D eigenvalue weighted by Gasteiger charge is -2.41. The van der Waals surface area contributed by atoms with Crippen LogP contribution in [0, 0.1) is 18.6 Å². The molecule has 0 bridgehead atoms. The number of benzene rings is 2. The molecule has 3 rings (SSSR count). The van der Waals surface area contributed by atoms with Gasteiger partial charge < -0.3 is 14.4 Å². The molecule has 1 atom stereocenters. The van der Waals surface area contributed by atoms with Crippen molar-refractivity contribution in [1.82, 2.24) is 0 Å². The number of carbonyl (C=O) groups excluding carboxylic acids is 1. The number of rotatable bonds is 6. The Balaban J connectivity index is 2.06. The molecule has 0 fully saturated rings. The third-order valence-corrected chi connectivity index (χ3v) is 5.30. The van der Waals surface area contributed by atoms with E-state index in [9.17, 15) is 13.6 Å². The molecule has 0 N–H and O–H groups in total. The van der Waals surface area contributed by atoms with Crippen LogP contribution in [0.1, 0.15) is 30.9 Å². The van der Waals surface area contributed by atoms with E-state index in [1.807, 2.05) is 6.92 Å². The van der Waals surface area contributed by atoms with Gasteiger partial charge in [-0.05, 0) is 50.5 Å². The van der Waals surface area contributed by atoms with Gasteiger partial charge in [0, 0.05) is 43.0 Å². The predicted molar refractivity (Wildman–Crippen MR) is 104 cm³/mol. The highest BCUT2D eigenvalue weighted by Gasteiger charge is 2.46. The van der Waals surface area contributed by atoms with Gasteiger partial charge in [-0.2, -0.15) is 0 Å². The number of amides is 1. The summed E-state index contributed by atoms with van der Waals surface area (Å²) < 4.78 is 38.7. The predicted octanol–water partition coefficient (Wildman–Crippen LogP) is 4.99. The highest BCUT2D eigenvalue weighted by Crippen LogP contribution is 2.44. The average molecular weight is 410 g/mol. The zero-order valence-electron chi connectivity index (χ0n) is 16.0. The van der Waals surface area contributed by atoms with Crippen LogP contribution >= 0.6 is 11.6 Å². The van der Waals surface area contributed by atoms with E-state index in [0.717, 1.165) is 30.2 Å². The van der Waals surface area contributed by atoms with Crippen molar-refractivity contribution in [2.45, 2.75) is 32.3 Å². The lowest BCUT2D eigenvalue weighted by atomic mass is 9.91. The van der Waals surface area contributed by atoms with E-state index in [1.165, 1.54) is 6.92 Å². The second-order valence-corrected chi connectivity index (χ2v) is 7.43. The number of fused-ring (bicyclic) bond motifs is 1. The molecule has 0 spiro atoms. The number of carbonyl (C=O) groups is 1. The van der Waals surface area contributed by atoms with Gasteiger partial charge in [0.25, 0.3) is 5.91 Å². The molecule has 0 saturated carbocycles. The van der Waals surface area contributed by atoms with Gasteiger partial charge in [-0.1, -0.05) is 11.6 Å². The second-order valence-electron chi connectivity index (χ2n) is 7.02. The summed E-state index contributed by atoms with van der Waals surface area (Å²) in [5.41, 5.74) is -0.0625. The van der Waals surface area contributed by atoms with E-state index in [-0.39, 0.29) is 11.5 Å². The van der Waals surface area contributed by atoms with E-state index < -0.39 is 17.2 Å². The standard InChI is InChI=1S/C21H22ClF2NO3/c1-13-8-18-19(12-17(13)22)28-21(2,14-9-15(23)11-16(24)10-14)20(26)25(18)6-4-5-7-27-3/h8-12H,4-7H2,1-3H3. The van der Waals surface area contributed by atoms with Gasteiger partial charge in [-0.3, -0.25) is 4.79 Å². The third kappa shape index (κ3) is 3.84. The van der Waals surface area contributed by atoms with Crippen molar-refractivity contribution in [3.8, 4) is 5.75 Å². The van der Waals surface area contributed by atoms with Gasteiger partial charge in [-0.25, -0.2) is 8.78 Å². The Morgan fingerprint density at radius 1 is 1.14 bits per heavy atom. The Morgan fingerprint density at radius 2 is 1.82 bits per heavy atom. The Labute approximate surface area is 168 Å². The number of unbranched alkanes of at least 4 members (excludes halogenated alkanes) is 1. The molecule has 0 aromatic heterocycles. The molecule has 150 valence electrons. The Bertz CT molecular complexity index is 885. The minimum Gasteiger partial charge on any atom is -0.471 e. The zero-order valence-corrected chi connectivity index (χ0v) is 16.8. The second kappa shape index (κ2) is 8.05. The van der Waals surface area contributed by atoms with E-state index in [0.29, 0.717) is 36.0 Å². The van der Waals surface area contributed by atoms with Crippen molar-refractivity contribution in [2.24, 2.45) is 0 Å². The summed E-state index contributed by atoms with van der Waals surface area (Å²) in [4.78, 5) is 15.0. The molecule has 0 aliphatic carbocycles. The fourth-order valence-corrected chi connectivity index (χ4v) is 3.47. The summed E-state index contributed by atoms with van der Waals surface area (Å²) in [6.07, 6.45) is 1.47. The normalized spacial score (nSPS) is 18.8. The maximum atomic E-state index is 13.8. The van der Waals surface area contributed by atoms with Crippen LogP contribution in [-0.2, 0) is 15.1 Å². The van der Waals surface area contributed by atoms with Crippen LogP contribution in [-0.4, -0.2) is 26.2 Å². The van der Waals surface area contributed by atoms with Crippen LogP contribution < -0.4 is 9.64 Å². The summed E-state index contributed by atoms with van der Waals surface area (Å²) in [5.74, 6) is -1.53. The fourth-order valence-electron chi connectivity index (χ4n) is 3.32. The average Bonchev–Trinajstić information content (AvgIpc) is 2.63. The molecule has 1 heterocycles. The molecular formula is C21H22ClF2NO3. The molecule has 1 unspecified atom stereocenters. The number of nitrogens with zero attached hydrogens (tertiary/aromatic N) is 1. The molecular weight excluding hydrogens is 388 g/mol. The van der Waals surface area contributed by atoms with Gasteiger partial charge in [0.1, 0.15) is 17.4 Å². The monoisotopic (exact) mass is 409 g/mol. The maximum Gasteiger partial charge on any atom is 0.275 e. The number of hydrogen-bond acceptors (Lipinski definition) is 3. The first-order valence-electron chi connectivity index (χ1n) is 9.03. The molecule has 1 aliphatic rings. The summed E-state index contributed by atoms with van der Waals surface area (Å²) in [6, 6.07) is 6.42. The lowest BCUT2D eigenvalue weighted by molar-refractivity contribution is -0.135. The van der Waals surface area contributed by atoms with Crippen LogP contribution in [0.2, 0.25) is 5.02 Å². The number of halogens is 3. The highest BCUT2D eigenvalue weighted by molar-refractivity contribution is 6.31. The molecule has 1 amide bonds. The number of aryl methyl sites for hydroxylation is 1. The quantitative estimate of drug-likeness (QED) is 0.630. The summed E-state index contributed by atoms with van der Waals surface area (Å²) >= 11 is 6.24. The van der Waals surface area contributed by atoms with Crippen molar-refractivity contribution < 1.29 is 23.0 Å². The van der Waals surface area contributed by atoms with Gasteiger partial charge in [0.15, 0.2) is 0 Å². The first-order valence-corrected chi connectivity index (χ1v) is 9.40. The Morgan fingerprint density at radius 3 is 2.46 bits per heavy atom. The molecule has 28 heavy (non-hydrogen) atoms. The molecule has 0 saturated heterocycles. The van der Waals surface area contributed by atoms with Crippen molar-refractivity contribution in [3.63, 3.8) is 0 Å². The van der Waals surface area contributed by atoms with Crippen molar-refractivity contribution in [1.29, 1.82) is 0 Å². The molecule has 0 radical (unpaired) electrons. The molecule has 7 heteroatoms. The van der Waals surface area contributed by atoms with Crippen LogP contribution in [0.25, 0.3) is 0 Å². The van der Waals surface area contributed by atoms with Gasteiger partial charge in [-0.15, -0.1) is 0 Å². The first kappa shape index (κ1) is 20.6. The van der Waals surface area contributed by atoms with Crippen molar-refractivity contribution in [3.05, 3.63) is 58.1 Å². The topological polar surface area (TPSA) is 38.8 Å². The first-order chi connectivity index (χ1) is 13.3. The van der Waals surface area contributed by atoms with Crippen LogP contribution in [0.5, 0.6) is 5.75 Å². The summed E-state index contributed by atoms with van der Waals surface area (Å²) in [6.45, 7) is 4.36. The van der Waals surface area contributed by atoms with Crippen molar-refractivity contribution in [2.75, 3.05) is 25.2 Å². The molecule has 1 aliphatic heterocycles. The van der Waals surface area contributed by atoms with E-state index in [4.69, 9.17) is 21.1 Å². The van der Waals surface area contributed by atoms with E-state index >= 15 is 0 Å². The zero-order chi connectivity index (χ0) is 20.5. The van der Waals surface area contributed by atoms with Gasteiger partial charge >= 0.3 is 0 Å². The number of hydrogen-bond donors (Lipinski definition) is 0. The van der Waals surface area contributed by atoms with E-state index in [2.05, 4.69) is 0 Å². The number of anilines is 1. The number of ether oxygens (including phenoxy) is 2. The maximum absolute atomic E-state index is 13.8. The Hall–Kier alpha value is -2.18. The van der Waals surface area contributed by atoms with Gasteiger partial charge in [0.2, 0.25) is 5.60 Å². The number of methoxy groups -OCH3 is 1. The molecule has 2 aromatic carbocycles. The van der Waals surface area contributed by atoms with Gasteiger partial charge in [0.05, 0.1) is 5.69 Å². The summed E-state index contributed by atoms with van der Waals surface area (Å²) in [5, 5.41) is 0.486. The largest absolute Gasteiger partial charge is 0.471 e. The van der Waals surface area contributed by atoms with Crippen molar-refractivity contribution >= 4 is 23.2 Å². The van der Waals surface area contributed by atoms with Crippen LogP contribution in [0.3, 0.4) is 0 Å². The minimum atomic E-state index is -1.57. The van der Waals surface area contributed by atoms with Crippen LogP contribution in [0.4, 0.5) is 14.5 Å². The molecule has 2 aromatic rings.